The van der Waals surface area contributed by atoms with Crippen LogP contribution in [-0.2, 0) is 11.3 Å². The molecule has 0 aliphatic heterocycles. The third kappa shape index (κ3) is 6.21. The number of ether oxygens (including phenoxy) is 2. The van der Waals surface area contributed by atoms with Gasteiger partial charge in [0.25, 0.3) is 0 Å². The number of methoxy groups -OCH3 is 1. The molecule has 3 nitrogen and oxygen atoms in total. The van der Waals surface area contributed by atoms with Gasteiger partial charge in [0, 0.05) is 26.6 Å². The van der Waals surface area contributed by atoms with Gasteiger partial charge in [-0.05, 0) is 49.6 Å². The van der Waals surface area contributed by atoms with Crippen molar-refractivity contribution in [1.82, 2.24) is 5.32 Å². The van der Waals surface area contributed by atoms with Crippen molar-refractivity contribution in [1.29, 1.82) is 0 Å². The Hall–Kier alpha value is -0.170. The van der Waals surface area contributed by atoms with Crippen molar-refractivity contribution < 1.29 is 13.9 Å². The van der Waals surface area contributed by atoms with Crippen LogP contribution in [0.5, 0.6) is 5.75 Å². The highest BCUT2D eigenvalue weighted by molar-refractivity contribution is 9.11. The lowest BCUT2D eigenvalue weighted by molar-refractivity contribution is 0.199. The van der Waals surface area contributed by atoms with E-state index in [4.69, 9.17) is 9.47 Å². The second-order valence-corrected chi connectivity index (χ2v) is 5.66. The highest BCUT2D eigenvalue weighted by Crippen LogP contribution is 2.34. The van der Waals surface area contributed by atoms with Crippen LogP contribution in [0, 0.1) is 0 Å². The SMILES string of the molecule is COCCNCc1cc(Br)c(OCCCF)c(Br)c1. The molecule has 19 heavy (non-hydrogen) atoms. The summed E-state index contributed by atoms with van der Waals surface area (Å²) in [5.41, 5.74) is 1.13. The Labute approximate surface area is 130 Å². The van der Waals surface area contributed by atoms with E-state index in [9.17, 15) is 4.39 Å². The van der Waals surface area contributed by atoms with Crippen LogP contribution in [0.15, 0.2) is 21.1 Å². The van der Waals surface area contributed by atoms with Gasteiger partial charge in [-0.1, -0.05) is 0 Å². The minimum Gasteiger partial charge on any atom is -0.491 e. The maximum absolute atomic E-state index is 12.0. The maximum atomic E-state index is 12.0. The summed E-state index contributed by atoms with van der Waals surface area (Å²) in [6, 6.07) is 3.99. The Kier molecular flexibility index (Phi) is 8.61. The van der Waals surface area contributed by atoms with Gasteiger partial charge in [-0.3, -0.25) is 4.39 Å². The lowest BCUT2D eigenvalue weighted by Crippen LogP contribution is -2.18. The van der Waals surface area contributed by atoms with Crippen molar-refractivity contribution in [2.24, 2.45) is 0 Å². The van der Waals surface area contributed by atoms with E-state index in [1.807, 2.05) is 12.1 Å². The number of hydrogen-bond donors (Lipinski definition) is 1. The van der Waals surface area contributed by atoms with E-state index in [0.717, 1.165) is 27.6 Å². The minimum atomic E-state index is -0.364. The molecule has 0 aromatic heterocycles. The van der Waals surface area contributed by atoms with Crippen molar-refractivity contribution in [3.63, 3.8) is 0 Å². The number of hydrogen-bond acceptors (Lipinski definition) is 3. The van der Waals surface area contributed by atoms with Crippen LogP contribution in [0.2, 0.25) is 0 Å². The van der Waals surface area contributed by atoms with Crippen LogP contribution in [0.4, 0.5) is 4.39 Å². The normalized spacial score (nSPS) is 10.7. The van der Waals surface area contributed by atoms with Crippen LogP contribution in [0.1, 0.15) is 12.0 Å². The van der Waals surface area contributed by atoms with Gasteiger partial charge in [-0.15, -0.1) is 0 Å². The predicted octanol–water partition coefficient (Wildman–Crippen LogP) is 3.69. The Bertz CT molecular complexity index is 368. The van der Waals surface area contributed by atoms with Gasteiger partial charge >= 0.3 is 0 Å². The van der Waals surface area contributed by atoms with Crippen LogP contribution < -0.4 is 10.1 Å². The van der Waals surface area contributed by atoms with Crippen molar-refractivity contribution in [3.8, 4) is 5.75 Å². The summed E-state index contributed by atoms with van der Waals surface area (Å²) in [4.78, 5) is 0. The molecule has 1 N–H and O–H groups in total. The molecule has 0 unspecified atom stereocenters. The first kappa shape index (κ1) is 16.9. The molecule has 0 heterocycles. The molecule has 0 spiro atoms. The van der Waals surface area contributed by atoms with E-state index in [2.05, 4.69) is 37.2 Å². The number of alkyl halides is 1. The summed E-state index contributed by atoms with van der Waals surface area (Å²) in [5.74, 6) is 0.717. The maximum Gasteiger partial charge on any atom is 0.147 e. The summed E-state index contributed by atoms with van der Waals surface area (Å²) in [6.07, 6.45) is 0.402. The van der Waals surface area contributed by atoms with Gasteiger partial charge in [0.05, 0.1) is 28.8 Å². The predicted molar refractivity (Wildman–Crippen MR) is 81.5 cm³/mol. The largest absolute Gasteiger partial charge is 0.491 e. The number of rotatable bonds is 9. The average molecular weight is 399 g/mol. The van der Waals surface area contributed by atoms with Gasteiger partial charge in [0.1, 0.15) is 5.75 Å². The molecule has 108 valence electrons. The fraction of sp³-hybridized carbons (Fsp3) is 0.538. The smallest absolute Gasteiger partial charge is 0.147 e. The highest BCUT2D eigenvalue weighted by Gasteiger charge is 2.09. The van der Waals surface area contributed by atoms with Crippen molar-refractivity contribution in [2.75, 3.05) is 33.5 Å². The third-order valence-electron chi connectivity index (χ3n) is 2.39. The molecule has 0 aliphatic rings. The Morgan fingerprint density at radius 2 is 1.89 bits per heavy atom. The van der Waals surface area contributed by atoms with Gasteiger partial charge in [-0.2, -0.15) is 0 Å². The molecule has 1 aromatic rings. The molecular weight excluding hydrogens is 381 g/mol. The molecular formula is C13H18Br2FNO2. The van der Waals surface area contributed by atoms with Crippen LogP contribution in [-0.4, -0.2) is 33.5 Å². The summed E-state index contributed by atoms with van der Waals surface area (Å²) >= 11 is 6.94. The second-order valence-electron chi connectivity index (χ2n) is 3.95. The molecule has 0 aliphatic carbocycles. The molecule has 0 radical (unpaired) electrons. The molecule has 1 rings (SSSR count). The second kappa shape index (κ2) is 9.69. The quantitative estimate of drug-likeness (QED) is 0.643. The van der Waals surface area contributed by atoms with Crippen molar-refractivity contribution in [3.05, 3.63) is 26.6 Å². The van der Waals surface area contributed by atoms with E-state index < -0.39 is 0 Å². The van der Waals surface area contributed by atoms with Gasteiger partial charge in [-0.25, -0.2) is 0 Å². The molecule has 0 fully saturated rings. The highest BCUT2D eigenvalue weighted by atomic mass is 79.9. The summed E-state index contributed by atoms with van der Waals surface area (Å²) in [5, 5.41) is 3.27. The molecule has 6 heteroatoms. The van der Waals surface area contributed by atoms with Gasteiger partial charge in [0.2, 0.25) is 0 Å². The standard InChI is InChI=1S/C13H18Br2FNO2/c1-18-6-4-17-9-10-7-11(14)13(12(15)8-10)19-5-2-3-16/h7-8,17H,2-6,9H2,1H3. The summed E-state index contributed by atoms with van der Waals surface area (Å²) in [7, 11) is 1.68. The van der Waals surface area contributed by atoms with E-state index in [1.165, 1.54) is 0 Å². The first-order valence-electron chi connectivity index (χ1n) is 6.05. The van der Waals surface area contributed by atoms with Gasteiger partial charge in [0.15, 0.2) is 0 Å². The Morgan fingerprint density at radius 1 is 1.21 bits per heavy atom. The molecule has 0 bridgehead atoms. The Morgan fingerprint density at radius 3 is 2.47 bits per heavy atom. The lowest BCUT2D eigenvalue weighted by atomic mass is 10.2. The van der Waals surface area contributed by atoms with E-state index in [1.54, 1.807) is 7.11 Å². The number of benzene rings is 1. The fourth-order valence-electron chi connectivity index (χ4n) is 1.49. The molecule has 1 aromatic carbocycles. The summed E-state index contributed by atoms with van der Waals surface area (Å²) in [6.45, 7) is 2.26. The van der Waals surface area contributed by atoms with E-state index in [0.29, 0.717) is 25.4 Å². The van der Waals surface area contributed by atoms with E-state index >= 15 is 0 Å². The fourth-order valence-corrected chi connectivity index (χ4v) is 3.00. The molecule has 0 saturated carbocycles. The zero-order valence-corrected chi connectivity index (χ0v) is 14.0. The first-order chi connectivity index (χ1) is 9.19. The Balaban J connectivity index is 2.57. The van der Waals surface area contributed by atoms with Crippen LogP contribution in [0.3, 0.4) is 0 Å². The lowest BCUT2D eigenvalue weighted by Gasteiger charge is -2.12. The minimum absolute atomic E-state index is 0.364. The zero-order valence-electron chi connectivity index (χ0n) is 10.8. The van der Waals surface area contributed by atoms with Gasteiger partial charge < -0.3 is 14.8 Å². The molecule has 0 amide bonds. The third-order valence-corrected chi connectivity index (χ3v) is 3.57. The van der Waals surface area contributed by atoms with Crippen molar-refractivity contribution >= 4 is 31.9 Å². The topological polar surface area (TPSA) is 30.5 Å². The van der Waals surface area contributed by atoms with Crippen LogP contribution >= 0.6 is 31.9 Å². The molecule has 0 atom stereocenters. The summed E-state index contributed by atoms with van der Waals surface area (Å²) < 4.78 is 24.3. The monoisotopic (exact) mass is 397 g/mol. The van der Waals surface area contributed by atoms with E-state index in [-0.39, 0.29) is 6.67 Å². The average Bonchev–Trinajstić information content (AvgIpc) is 2.38. The number of halogens is 3. The zero-order chi connectivity index (χ0) is 14.1. The van der Waals surface area contributed by atoms with Crippen molar-refractivity contribution in [2.45, 2.75) is 13.0 Å². The van der Waals surface area contributed by atoms with Crippen LogP contribution in [0.25, 0.3) is 0 Å². The molecule has 0 saturated heterocycles. The number of nitrogens with one attached hydrogen (secondary N) is 1. The first-order valence-corrected chi connectivity index (χ1v) is 7.64.